The molecule has 5 heteroatoms. The lowest BCUT2D eigenvalue weighted by atomic mass is 10.2. The number of rotatable bonds is 5. The molecule has 0 saturated carbocycles. The molecule has 0 heterocycles. The van der Waals surface area contributed by atoms with Crippen molar-refractivity contribution in [3.63, 3.8) is 0 Å². The van der Waals surface area contributed by atoms with Crippen LogP contribution in [0.15, 0.2) is 30.3 Å². The van der Waals surface area contributed by atoms with Crippen LogP contribution in [0.5, 0.6) is 5.75 Å². The van der Waals surface area contributed by atoms with Gasteiger partial charge in [0.2, 0.25) is 5.91 Å². The van der Waals surface area contributed by atoms with Crippen LogP contribution < -0.4 is 10.1 Å². The highest BCUT2D eigenvalue weighted by Crippen LogP contribution is 2.18. The van der Waals surface area contributed by atoms with Crippen LogP contribution in [0, 0.1) is 0 Å². The van der Waals surface area contributed by atoms with Gasteiger partial charge in [0.05, 0.1) is 14.2 Å². The summed E-state index contributed by atoms with van der Waals surface area (Å²) in [5.74, 6) is -0.185. The largest absolute Gasteiger partial charge is 0.496 e. The molecule has 0 aliphatic carbocycles. The van der Waals surface area contributed by atoms with Crippen LogP contribution in [0.25, 0.3) is 6.08 Å². The number of benzene rings is 1. The normalized spacial score (nSPS) is 11.9. The molecular formula is C14H17NO4. The van der Waals surface area contributed by atoms with E-state index in [4.69, 9.17) is 4.74 Å². The Bertz CT molecular complexity index is 482. The Hall–Kier alpha value is -2.30. The van der Waals surface area contributed by atoms with Crippen LogP contribution in [0.2, 0.25) is 0 Å². The maximum absolute atomic E-state index is 11.6. The summed E-state index contributed by atoms with van der Waals surface area (Å²) in [6.07, 6.45) is 2.97. The second-order valence-corrected chi connectivity index (χ2v) is 3.83. The summed E-state index contributed by atoms with van der Waals surface area (Å²) in [6, 6.07) is 6.63. The van der Waals surface area contributed by atoms with Crippen molar-refractivity contribution in [1.29, 1.82) is 0 Å². The van der Waals surface area contributed by atoms with E-state index in [0.717, 1.165) is 5.56 Å². The highest BCUT2D eigenvalue weighted by Gasteiger charge is 2.13. The third-order valence-corrected chi connectivity index (χ3v) is 2.47. The minimum absolute atomic E-state index is 0.371. The van der Waals surface area contributed by atoms with Crippen molar-refractivity contribution in [2.24, 2.45) is 0 Å². The van der Waals surface area contributed by atoms with Gasteiger partial charge >= 0.3 is 5.97 Å². The first-order valence-electron chi connectivity index (χ1n) is 5.78. The third kappa shape index (κ3) is 4.46. The summed E-state index contributed by atoms with van der Waals surface area (Å²) in [7, 11) is 2.84. The van der Waals surface area contributed by atoms with E-state index in [9.17, 15) is 9.59 Å². The highest BCUT2D eigenvalue weighted by atomic mass is 16.5. The van der Waals surface area contributed by atoms with Gasteiger partial charge in [-0.1, -0.05) is 18.2 Å². The van der Waals surface area contributed by atoms with Crippen LogP contribution in [-0.4, -0.2) is 32.1 Å². The van der Waals surface area contributed by atoms with Crippen molar-refractivity contribution in [3.8, 4) is 5.75 Å². The summed E-state index contributed by atoms with van der Waals surface area (Å²) in [5.41, 5.74) is 0.783. The van der Waals surface area contributed by atoms with E-state index in [2.05, 4.69) is 10.1 Å². The molecule has 1 aromatic carbocycles. The number of amides is 1. The Morgan fingerprint density at radius 3 is 2.58 bits per heavy atom. The number of carbonyl (C=O) groups is 2. The minimum Gasteiger partial charge on any atom is -0.496 e. The van der Waals surface area contributed by atoms with E-state index in [1.165, 1.54) is 13.2 Å². The number of para-hydroxylation sites is 1. The first kappa shape index (κ1) is 14.8. The second-order valence-electron chi connectivity index (χ2n) is 3.83. The number of hydrogen-bond donors (Lipinski definition) is 1. The molecule has 0 radical (unpaired) electrons. The number of ether oxygens (including phenoxy) is 2. The molecule has 1 aromatic rings. The van der Waals surface area contributed by atoms with Crippen LogP contribution in [0.4, 0.5) is 0 Å². The molecule has 102 valence electrons. The van der Waals surface area contributed by atoms with Gasteiger partial charge in [-0.25, -0.2) is 4.79 Å². The van der Waals surface area contributed by atoms with E-state index in [1.807, 2.05) is 18.2 Å². The lowest BCUT2D eigenvalue weighted by molar-refractivity contribution is -0.144. The highest BCUT2D eigenvalue weighted by molar-refractivity contribution is 5.94. The minimum atomic E-state index is -0.681. The van der Waals surface area contributed by atoms with Gasteiger partial charge in [0.15, 0.2) is 0 Å². The summed E-state index contributed by atoms with van der Waals surface area (Å²) >= 11 is 0. The predicted molar refractivity (Wildman–Crippen MR) is 71.6 cm³/mol. The number of hydrogen-bond acceptors (Lipinski definition) is 4. The SMILES string of the molecule is COC(=O)[C@@H](C)NC(=O)/C=C/c1ccccc1OC. The standard InChI is InChI=1S/C14H17NO4/c1-10(14(17)19-3)15-13(16)9-8-11-6-4-5-7-12(11)18-2/h4-10H,1-3H3,(H,15,16)/b9-8+/t10-/m1/s1. The van der Waals surface area contributed by atoms with Gasteiger partial charge in [0, 0.05) is 11.6 Å². The first-order chi connectivity index (χ1) is 9.08. The van der Waals surface area contributed by atoms with Gasteiger partial charge in [-0.15, -0.1) is 0 Å². The van der Waals surface area contributed by atoms with Gasteiger partial charge in [0.25, 0.3) is 0 Å². The van der Waals surface area contributed by atoms with Crippen molar-refractivity contribution < 1.29 is 19.1 Å². The van der Waals surface area contributed by atoms with E-state index in [0.29, 0.717) is 5.75 Å². The van der Waals surface area contributed by atoms with Crippen LogP contribution in [-0.2, 0) is 14.3 Å². The zero-order valence-corrected chi connectivity index (χ0v) is 11.2. The third-order valence-electron chi connectivity index (χ3n) is 2.47. The van der Waals surface area contributed by atoms with E-state index >= 15 is 0 Å². The molecule has 0 aliphatic heterocycles. The summed E-state index contributed by atoms with van der Waals surface area (Å²) in [5, 5.41) is 2.50. The number of nitrogens with one attached hydrogen (secondary N) is 1. The molecule has 1 rings (SSSR count). The fourth-order valence-electron chi connectivity index (χ4n) is 1.47. The molecular weight excluding hydrogens is 246 g/mol. The van der Waals surface area contributed by atoms with Gasteiger partial charge in [0.1, 0.15) is 11.8 Å². The first-order valence-corrected chi connectivity index (χ1v) is 5.78. The van der Waals surface area contributed by atoms with Crippen molar-refractivity contribution in [3.05, 3.63) is 35.9 Å². The van der Waals surface area contributed by atoms with E-state index in [-0.39, 0.29) is 5.91 Å². The van der Waals surface area contributed by atoms with Crippen molar-refractivity contribution in [1.82, 2.24) is 5.32 Å². The summed E-state index contributed by atoms with van der Waals surface area (Å²) in [4.78, 5) is 22.7. The van der Waals surface area contributed by atoms with Gasteiger partial charge in [-0.05, 0) is 19.1 Å². The fraction of sp³-hybridized carbons (Fsp3) is 0.286. The zero-order valence-electron chi connectivity index (χ0n) is 11.2. The monoisotopic (exact) mass is 263 g/mol. The lowest BCUT2D eigenvalue weighted by Crippen LogP contribution is -2.38. The number of carbonyl (C=O) groups excluding carboxylic acids is 2. The Morgan fingerprint density at radius 1 is 1.26 bits per heavy atom. The van der Waals surface area contributed by atoms with Gasteiger partial charge in [-0.3, -0.25) is 4.79 Å². The average Bonchev–Trinajstić information content (AvgIpc) is 2.44. The predicted octanol–water partition coefficient (Wildman–Crippen LogP) is 1.39. The van der Waals surface area contributed by atoms with E-state index < -0.39 is 12.0 Å². The molecule has 0 saturated heterocycles. The molecule has 5 nitrogen and oxygen atoms in total. The lowest BCUT2D eigenvalue weighted by Gasteiger charge is -2.09. The Balaban J connectivity index is 2.66. The quantitative estimate of drug-likeness (QED) is 0.644. The Morgan fingerprint density at radius 2 is 1.95 bits per heavy atom. The van der Waals surface area contributed by atoms with Gasteiger partial charge < -0.3 is 14.8 Å². The Kier molecular flexibility index (Phi) is 5.60. The molecule has 0 aliphatic rings. The van der Waals surface area contributed by atoms with Crippen LogP contribution >= 0.6 is 0 Å². The second kappa shape index (κ2) is 7.20. The topological polar surface area (TPSA) is 64.6 Å². The maximum Gasteiger partial charge on any atom is 0.328 e. The Labute approximate surface area is 112 Å². The van der Waals surface area contributed by atoms with Crippen molar-refractivity contribution in [2.45, 2.75) is 13.0 Å². The van der Waals surface area contributed by atoms with E-state index in [1.54, 1.807) is 26.2 Å². The zero-order chi connectivity index (χ0) is 14.3. The molecule has 0 bridgehead atoms. The van der Waals surface area contributed by atoms with Crippen molar-refractivity contribution >= 4 is 18.0 Å². The van der Waals surface area contributed by atoms with Crippen LogP contribution in [0.3, 0.4) is 0 Å². The number of esters is 1. The molecule has 1 N–H and O–H groups in total. The summed E-state index contributed by atoms with van der Waals surface area (Å²) in [6.45, 7) is 1.56. The van der Waals surface area contributed by atoms with Gasteiger partial charge in [-0.2, -0.15) is 0 Å². The molecule has 1 amide bonds. The number of methoxy groups -OCH3 is 2. The molecule has 19 heavy (non-hydrogen) atoms. The molecule has 0 fully saturated rings. The molecule has 1 atom stereocenters. The fourth-order valence-corrected chi connectivity index (χ4v) is 1.47. The molecule has 0 aromatic heterocycles. The average molecular weight is 263 g/mol. The maximum atomic E-state index is 11.6. The molecule has 0 spiro atoms. The summed E-state index contributed by atoms with van der Waals surface area (Å²) < 4.78 is 9.67. The smallest absolute Gasteiger partial charge is 0.328 e. The van der Waals surface area contributed by atoms with Crippen molar-refractivity contribution in [2.75, 3.05) is 14.2 Å². The molecule has 0 unspecified atom stereocenters. The van der Waals surface area contributed by atoms with Crippen LogP contribution in [0.1, 0.15) is 12.5 Å².